The lowest BCUT2D eigenvalue weighted by Crippen LogP contribution is -2.14. The predicted molar refractivity (Wildman–Crippen MR) is 171 cm³/mol. The molecular formula is C39H27NO. The van der Waals surface area contributed by atoms with E-state index in [0.29, 0.717) is 0 Å². The minimum Gasteiger partial charge on any atom is -0.456 e. The van der Waals surface area contributed by atoms with Crippen LogP contribution in [0.1, 0.15) is 25.0 Å². The Kier molecular flexibility index (Phi) is 4.42. The van der Waals surface area contributed by atoms with E-state index in [-0.39, 0.29) is 5.41 Å². The fourth-order valence-electron chi connectivity index (χ4n) is 7.18. The molecule has 0 amide bonds. The van der Waals surface area contributed by atoms with Crippen LogP contribution in [0, 0.1) is 0 Å². The normalized spacial score (nSPS) is 13.8. The van der Waals surface area contributed by atoms with Crippen molar-refractivity contribution in [3.63, 3.8) is 0 Å². The van der Waals surface area contributed by atoms with Crippen LogP contribution in [-0.2, 0) is 5.41 Å². The summed E-state index contributed by atoms with van der Waals surface area (Å²) in [6, 6.07) is 46.3. The molecule has 0 atom stereocenters. The van der Waals surface area contributed by atoms with Gasteiger partial charge in [0.2, 0.25) is 0 Å². The molecular weight excluding hydrogens is 498 g/mol. The summed E-state index contributed by atoms with van der Waals surface area (Å²) in [6.45, 7) is 4.70. The maximum absolute atomic E-state index is 6.10. The van der Waals surface area contributed by atoms with Crippen molar-refractivity contribution in [1.82, 2.24) is 4.57 Å². The second kappa shape index (κ2) is 7.99. The Balaban J connectivity index is 1.25. The van der Waals surface area contributed by atoms with Crippen molar-refractivity contribution in [3.8, 4) is 27.9 Å². The largest absolute Gasteiger partial charge is 0.456 e. The summed E-state index contributed by atoms with van der Waals surface area (Å²) in [7, 11) is 0. The van der Waals surface area contributed by atoms with Crippen LogP contribution in [0.15, 0.2) is 132 Å². The standard InChI is InChI=1S/C39H27NO/c1-39(2)33-18-15-24(25-16-20-38-32(22-25)29-11-5-8-14-37(29)41-38)21-30(33)31-23-26(17-19-34(31)39)40-35-12-6-3-9-27(35)28-10-4-7-13-36(28)40/h3-23H,1-2H3. The molecule has 194 valence electrons. The van der Waals surface area contributed by atoms with E-state index < -0.39 is 0 Å². The number of aromatic nitrogens is 1. The van der Waals surface area contributed by atoms with E-state index >= 15 is 0 Å². The lowest BCUT2D eigenvalue weighted by atomic mass is 9.82. The molecule has 0 N–H and O–H groups in total. The second-order valence-electron chi connectivity index (χ2n) is 11.8. The maximum atomic E-state index is 6.10. The molecule has 0 bridgehead atoms. The molecule has 0 unspecified atom stereocenters. The van der Waals surface area contributed by atoms with Crippen molar-refractivity contribution in [2.75, 3.05) is 0 Å². The number of fused-ring (bicyclic) bond motifs is 9. The molecule has 0 aliphatic heterocycles. The summed E-state index contributed by atoms with van der Waals surface area (Å²) in [6.07, 6.45) is 0. The number of rotatable bonds is 2. The van der Waals surface area contributed by atoms with Crippen molar-refractivity contribution in [3.05, 3.63) is 139 Å². The summed E-state index contributed by atoms with van der Waals surface area (Å²) in [4.78, 5) is 0. The highest BCUT2D eigenvalue weighted by Gasteiger charge is 2.36. The van der Waals surface area contributed by atoms with Crippen LogP contribution in [-0.4, -0.2) is 4.57 Å². The third-order valence-corrected chi connectivity index (χ3v) is 9.21. The molecule has 2 aromatic heterocycles. The number of nitrogens with zero attached hydrogens (tertiary/aromatic N) is 1. The molecule has 0 fully saturated rings. The van der Waals surface area contributed by atoms with Gasteiger partial charge in [-0.3, -0.25) is 0 Å². The first-order chi connectivity index (χ1) is 20.1. The van der Waals surface area contributed by atoms with Crippen LogP contribution in [0.5, 0.6) is 0 Å². The van der Waals surface area contributed by atoms with Gasteiger partial charge in [0.15, 0.2) is 0 Å². The Bertz CT molecular complexity index is 2290. The quantitative estimate of drug-likeness (QED) is 0.219. The lowest BCUT2D eigenvalue weighted by Gasteiger charge is -2.22. The molecule has 0 spiro atoms. The van der Waals surface area contributed by atoms with Gasteiger partial charge < -0.3 is 8.98 Å². The van der Waals surface area contributed by atoms with Crippen molar-refractivity contribution in [1.29, 1.82) is 0 Å². The topological polar surface area (TPSA) is 18.1 Å². The van der Waals surface area contributed by atoms with Gasteiger partial charge >= 0.3 is 0 Å². The van der Waals surface area contributed by atoms with E-state index in [0.717, 1.165) is 21.9 Å². The van der Waals surface area contributed by atoms with E-state index in [2.05, 4.69) is 134 Å². The zero-order valence-corrected chi connectivity index (χ0v) is 23.0. The van der Waals surface area contributed by atoms with Gasteiger partial charge in [0.1, 0.15) is 11.2 Å². The summed E-state index contributed by atoms with van der Waals surface area (Å²) in [5.41, 5.74) is 13.3. The van der Waals surface area contributed by atoms with E-state index in [1.807, 2.05) is 12.1 Å². The fourth-order valence-corrected chi connectivity index (χ4v) is 7.18. The Morgan fingerprint density at radius 3 is 1.80 bits per heavy atom. The summed E-state index contributed by atoms with van der Waals surface area (Å²) >= 11 is 0. The van der Waals surface area contributed by atoms with Crippen molar-refractivity contribution in [2.24, 2.45) is 0 Å². The number of benzene rings is 6. The average molecular weight is 526 g/mol. The minimum absolute atomic E-state index is 0.0622. The van der Waals surface area contributed by atoms with E-state index in [9.17, 15) is 0 Å². The summed E-state index contributed by atoms with van der Waals surface area (Å²) < 4.78 is 8.51. The molecule has 1 aliphatic carbocycles. The highest BCUT2D eigenvalue weighted by molar-refractivity contribution is 6.09. The van der Waals surface area contributed by atoms with Gasteiger partial charge in [-0.1, -0.05) is 92.7 Å². The van der Waals surface area contributed by atoms with Crippen LogP contribution in [0.2, 0.25) is 0 Å². The number of para-hydroxylation sites is 3. The van der Waals surface area contributed by atoms with Crippen molar-refractivity contribution >= 4 is 43.7 Å². The number of hydrogen-bond donors (Lipinski definition) is 0. The molecule has 0 saturated carbocycles. The zero-order valence-electron chi connectivity index (χ0n) is 23.0. The van der Waals surface area contributed by atoms with Crippen LogP contribution < -0.4 is 0 Å². The van der Waals surface area contributed by atoms with Gasteiger partial charge in [-0.05, 0) is 81.9 Å². The maximum Gasteiger partial charge on any atom is 0.135 e. The lowest BCUT2D eigenvalue weighted by molar-refractivity contribution is 0.660. The smallest absolute Gasteiger partial charge is 0.135 e. The molecule has 0 radical (unpaired) electrons. The SMILES string of the molecule is CC1(C)c2ccc(-c3ccc4oc5ccccc5c4c3)cc2-c2cc(-n3c4ccccc4c4ccccc43)ccc21. The molecule has 1 aliphatic rings. The van der Waals surface area contributed by atoms with Crippen LogP contribution >= 0.6 is 0 Å². The van der Waals surface area contributed by atoms with Gasteiger partial charge in [0.05, 0.1) is 11.0 Å². The Hall–Kier alpha value is -5.08. The molecule has 9 rings (SSSR count). The third-order valence-electron chi connectivity index (χ3n) is 9.21. The number of hydrogen-bond acceptors (Lipinski definition) is 1. The molecule has 2 nitrogen and oxygen atoms in total. The second-order valence-corrected chi connectivity index (χ2v) is 11.8. The number of furan rings is 1. The Morgan fingerprint density at radius 1 is 0.488 bits per heavy atom. The molecule has 8 aromatic rings. The van der Waals surface area contributed by atoms with Gasteiger partial charge in [-0.25, -0.2) is 0 Å². The first kappa shape index (κ1) is 22.7. The fraction of sp³-hybridized carbons (Fsp3) is 0.0769. The van der Waals surface area contributed by atoms with Crippen LogP contribution in [0.25, 0.3) is 71.7 Å². The van der Waals surface area contributed by atoms with Crippen LogP contribution in [0.4, 0.5) is 0 Å². The minimum atomic E-state index is -0.0622. The first-order valence-corrected chi connectivity index (χ1v) is 14.3. The van der Waals surface area contributed by atoms with Gasteiger partial charge in [-0.2, -0.15) is 0 Å². The van der Waals surface area contributed by atoms with Crippen LogP contribution in [0.3, 0.4) is 0 Å². The molecule has 0 saturated heterocycles. The first-order valence-electron chi connectivity index (χ1n) is 14.3. The van der Waals surface area contributed by atoms with Gasteiger partial charge in [0, 0.05) is 32.6 Å². The average Bonchev–Trinajstić information content (AvgIpc) is 3.62. The molecule has 41 heavy (non-hydrogen) atoms. The Labute approximate surface area is 238 Å². The highest BCUT2D eigenvalue weighted by atomic mass is 16.3. The van der Waals surface area contributed by atoms with E-state index in [4.69, 9.17) is 4.42 Å². The van der Waals surface area contributed by atoms with Gasteiger partial charge in [-0.15, -0.1) is 0 Å². The molecule has 6 aromatic carbocycles. The molecule has 2 heteroatoms. The van der Waals surface area contributed by atoms with Gasteiger partial charge in [0.25, 0.3) is 0 Å². The highest BCUT2D eigenvalue weighted by Crippen LogP contribution is 2.50. The summed E-state index contributed by atoms with van der Waals surface area (Å²) in [5.74, 6) is 0. The van der Waals surface area contributed by atoms with Crippen molar-refractivity contribution < 1.29 is 4.42 Å². The predicted octanol–water partition coefficient (Wildman–Crippen LogP) is 10.7. The Morgan fingerprint density at radius 2 is 1.05 bits per heavy atom. The van der Waals surface area contributed by atoms with E-state index in [1.165, 1.54) is 60.9 Å². The van der Waals surface area contributed by atoms with Crippen molar-refractivity contribution in [2.45, 2.75) is 19.3 Å². The monoisotopic (exact) mass is 525 g/mol. The summed E-state index contributed by atoms with van der Waals surface area (Å²) in [5, 5.41) is 4.89. The third kappa shape index (κ3) is 3.08. The molecule has 2 heterocycles. The zero-order chi connectivity index (χ0) is 27.3. The van der Waals surface area contributed by atoms with E-state index in [1.54, 1.807) is 0 Å².